The summed E-state index contributed by atoms with van der Waals surface area (Å²) in [4.78, 5) is 10.1. The zero-order valence-corrected chi connectivity index (χ0v) is 9.45. The summed E-state index contributed by atoms with van der Waals surface area (Å²) in [6.45, 7) is 0.858. The zero-order chi connectivity index (χ0) is 10.5. The molecule has 86 valence electrons. The van der Waals surface area contributed by atoms with Crippen LogP contribution in [0.2, 0.25) is 0 Å². The highest BCUT2D eigenvalue weighted by molar-refractivity contribution is 5.73. The maximum absolute atomic E-state index is 10.1. The van der Waals surface area contributed by atoms with Gasteiger partial charge in [0.15, 0.2) is 0 Å². The van der Waals surface area contributed by atoms with Crippen LogP contribution in [0.25, 0.3) is 0 Å². The number of quaternary nitrogens is 1. The molecule has 1 fully saturated rings. The van der Waals surface area contributed by atoms with Gasteiger partial charge in [-0.2, -0.15) is 0 Å². The van der Waals surface area contributed by atoms with Gasteiger partial charge in [-0.1, -0.05) is 0 Å². The summed E-state index contributed by atoms with van der Waals surface area (Å²) in [5.74, 6) is -0.720. The molecule has 0 aromatic carbocycles. The Morgan fingerprint density at radius 1 is 1.36 bits per heavy atom. The van der Waals surface area contributed by atoms with E-state index in [-0.39, 0.29) is 11.5 Å². The second-order valence-corrected chi connectivity index (χ2v) is 4.67. The average Bonchev–Trinajstić information content (AvgIpc) is 2.31. The maximum atomic E-state index is 10.1. The van der Waals surface area contributed by atoms with Gasteiger partial charge in [0.05, 0.1) is 28.2 Å². The van der Waals surface area contributed by atoms with Crippen LogP contribution in [-0.2, 0) is 4.79 Å². The molecule has 0 unspecified atom stereocenters. The average molecular weight is 206 g/mol. The van der Waals surface area contributed by atoms with Crippen LogP contribution in [0.1, 0.15) is 12.8 Å². The van der Waals surface area contributed by atoms with Crippen molar-refractivity contribution in [2.75, 3.05) is 34.7 Å². The van der Waals surface area contributed by atoms with Crippen LogP contribution in [0.5, 0.6) is 0 Å². The van der Waals surface area contributed by atoms with Crippen LogP contribution < -0.4 is 5.32 Å². The third-order valence-electron chi connectivity index (χ3n) is 1.36. The van der Waals surface area contributed by atoms with Crippen molar-refractivity contribution >= 4 is 5.97 Å². The van der Waals surface area contributed by atoms with Crippen molar-refractivity contribution in [3.63, 3.8) is 0 Å². The van der Waals surface area contributed by atoms with E-state index in [1.54, 1.807) is 0 Å². The molecule has 0 aromatic rings. The normalized spacial score (nSPS) is 20.4. The highest BCUT2D eigenvalue weighted by atomic mass is 16.4. The van der Waals surface area contributed by atoms with Gasteiger partial charge in [0.2, 0.25) is 0 Å². The minimum absolute atomic E-state index is 0. The molecule has 0 spiro atoms. The van der Waals surface area contributed by atoms with E-state index in [4.69, 9.17) is 5.11 Å². The monoisotopic (exact) mass is 206 g/mol. The number of aliphatic carboxylic acids is 1. The van der Waals surface area contributed by atoms with Crippen LogP contribution >= 0.6 is 0 Å². The van der Waals surface area contributed by atoms with Gasteiger partial charge in [-0.05, 0) is 19.4 Å². The Bertz CT molecular complexity index is 154. The number of nitrogens with one attached hydrogen (secondary N) is 1. The van der Waals surface area contributed by atoms with Gasteiger partial charge in [0.25, 0.3) is 0 Å². The lowest BCUT2D eigenvalue weighted by molar-refractivity contribution is -0.849. The summed E-state index contributed by atoms with van der Waals surface area (Å²) in [5, 5.41) is 11.2. The predicted octanol–water partition coefficient (Wildman–Crippen LogP) is -0.0314. The van der Waals surface area contributed by atoms with Gasteiger partial charge < -0.3 is 20.4 Å². The van der Waals surface area contributed by atoms with E-state index in [1.165, 1.54) is 0 Å². The van der Waals surface area contributed by atoms with Crippen molar-refractivity contribution in [1.29, 1.82) is 0 Å². The molecule has 1 aliphatic rings. The standard InChI is InChI=1S/C5H9NO2.C4H12N.H2O/c7-5(8)4-2-1-3-6-4;1-5(2,3)4;/h4,6H,1-3H2,(H,7,8);1-4H3;1H2/q;+1;/p-1/t4-;;/m0../s1. The highest BCUT2D eigenvalue weighted by Crippen LogP contribution is 2.03. The van der Waals surface area contributed by atoms with Crippen LogP contribution in [0.3, 0.4) is 0 Å². The van der Waals surface area contributed by atoms with Crippen molar-refractivity contribution in [2.24, 2.45) is 0 Å². The van der Waals surface area contributed by atoms with E-state index in [0.717, 1.165) is 23.9 Å². The Hall–Kier alpha value is -0.650. The van der Waals surface area contributed by atoms with Gasteiger partial charge in [0, 0.05) is 0 Å². The van der Waals surface area contributed by atoms with Crippen LogP contribution in [0.4, 0.5) is 0 Å². The van der Waals surface area contributed by atoms with Crippen molar-refractivity contribution in [3.8, 4) is 0 Å². The molecule has 0 aromatic heterocycles. The molecule has 0 radical (unpaired) electrons. The number of carboxylic acid groups (broad SMARTS) is 1. The molecule has 5 heteroatoms. The number of hydrogen-bond acceptors (Lipinski definition) is 3. The zero-order valence-electron chi connectivity index (χ0n) is 9.45. The number of rotatable bonds is 1. The number of carbonyl (C=O) groups is 1. The molecule has 0 aliphatic carbocycles. The van der Waals surface area contributed by atoms with Gasteiger partial charge in [-0.15, -0.1) is 0 Å². The fraction of sp³-hybridized carbons (Fsp3) is 0.889. The van der Waals surface area contributed by atoms with Gasteiger partial charge in [-0.3, -0.25) is 4.79 Å². The summed E-state index contributed by atoms with van der Waals surface area (Å²) >= 11 is 0. The Kier molecular flexibility index (Phi) is 7.62. The fourth-order valence-electron chi connectivity index (χ4n) is 0.895. The molecule has 1 aliphatic heterocycles. The third kappa shape index (κ3) is 11.4. The largest absolute Gasteiger partial charge is 0.870 e. The molecule has 1 saturated heterocycles. The Balaban J connectivity index is 0. The Morgan fingerprint density at radius 2 is 1.79 bits per heavy atom. The summed E-state index contributed by atoms with van der Waals surface area (Å²) in [5.41, 5.74) is 0. The minimum Gasteiger partial charge on any atom is -0.870 e. The molecule has 14 heavy (non-hydrogen) atoms. The molecule has 0 amide bonds. The highest BCUT2D eigenvalue weighted by Gasteiger charge is 2.20. The van der Waals surface area contributed by atoms with Crippen LogP contribution in [-0.4, -0.2) is 61.8 Å². The second kappa shape index (κ2) is 6.75. The number of hydrogen-bond donors (Lipinski definition) is 2. The number of nitrogens with zero attached hydrogens (tertiary/aromatic N) is 1. The topological polar surface area (TPSA) is 79.3 Å². The first-order valence-corrected chi connectivity index (χ1v) is 4.56. The van der Waals surface area contributed by atoms with E-state index in [9.17, 15) is 4.79 Å². The SMILES string of the molecule is C[N+](C)(C)C.O=C(O)[C@@H]1CCCN1.[OH-]. The van der Waals surface area contributed by atoms with E-state index in [0.29, 0.717) is 0 Å². The molecular weight excluding hydrogens is 184 g/mol. The van der Waals surface area contributed by atoms with E-state index < -0.39 is 5.97 Å². The Labute approximate surface area is 85.6 Å². The number of carboxylic acids is 1. The second-order valence-electron chi connectivity index (χ2n) is 4.67. The fourth-order valence-corrected chi connectivity index (χ4v) is 0.895. The lowest BCUT2D eigenvalue weighted by Gasteiger charge is -2.14. The summed E-state index contributed by atoms with van der Waals surface area (Å²) in [6.07, 6.45) is 1.78. The minimum atomic E-state index is -0.720. The molecule has 1 atom stereocenters. The summed E-state index contributed by atoms with van der Waals surface area (Å²) in [6, 6.07) is -0.269. The molecule has 1 heterocycles. The lowest BCUT2D eigenvalue weighted by Crippen LogP contribution is -2.29. The van der Waals surface area contributed by atoms with Crippen LogP contribution in [0, 0.1) is 0 Å². The first-order valence-electron chi connectivity index (χ1n) is 4.56. The van der Waals surface area contributed by atoms with Gasteiger partial charge in [0.1, 0.15) is 6.04 Å². The smallest absolute Gasteiger partial charge is 0.320 e. The van der Waals surface area contributed by atoms with E-state index in [1.807, 2.05) is 0 Å². The van der Waals surface area contributed by atoms with Crippen molar-refractivity contribution in [1.82, 2.24) is 5.32 Å². The summed E-state index contributed by atoms with van der Waals surface area (Å²) in [7, 11) is 8.50. The van der Waals surface area contributed by atoms with Crippen molar-refractivity contribution in [3.05, 3.63) is 0 Å². The first kappa shape index (κ1) is 15.8. The predicted molar refractivity (Wildman–Crippen MR) is 54.6 cm³/mol. The lowest BCUT2D eigenvalue weighted by atomic mass is 10.2. The molecule has 3 N–H and O–H groups in total. The first-order chi connectivity index (χ1) is 5.80. The van der Waals surface area contributed by atoms with Crippen molar-refractivity contribution < 1.29 is 19.9 Å². The van der Waals surface area contributed by atoms with Gasteiger partial charge >= 0.3 is 5.97 Å². The Morgan fingerprint density at radius 3 is 1.93 bits per heavy atom. The molecular formula is C9H22N2O3. The quantitative estimate of drug-likeness (QED) is 0.590. The van der Waals surface area contributed by atoms with E-state index in [2.05, 4.69) is 33.5 Å². The molecule has 0 bridgehead atoms. The van der Waals surface area contributed by atoms with Crippen LogP contribution in [0.15, 0.2) is 0 Å². The third-order valence-corrected chi connectivity index (χ3v) is 1.36. The van der Waals surface area contributed by atoms with Gasteiger partial charge in [-0.25, -0.2) is 0 Å². The molecule has 5 nitrogen and oxygen atoms in total. The van der Waals surface area contributed by atoms with E-state index >= 15 is 0 Å². The molecule has 1 rings (SSSR count). The summed E-state index contributed by atoms with van der Waals surface area (Å²) < 4.78 is 1.00. The molecule has 0 saturated carbocycles. The maximum Gasteiger partial charge on any atom is 0.320 e. The van der Waals surface area contributed by atoms with Crippen molar-refractivity contribution in [2.45, 2.75) is 18.9 Å².